The van der Waals surface area contributed by atoms with Crippen LogP contribution in [0.3, 0.4) is 0 Å². The summed E-state index contributed by atoms with van der Waals surface area (Å²) < 4.78 is 40.3. The first kappa shape index (κ1) is 18.7. The zero-order chi connectivity index (χ0) is 19.0. The molecule has 0 saturated carbocycles. The van der Waals surface area contributed by atoms with Gasteiger partial charge in [0.15, 0.2) is 11.6 Å². The van der Waals surface area contributed by atoms with E-state index < -0.39 is 29.4 Å². The van der Waals surface area contributed by atoms with Gasteiger partial charge in [-0.15, -0.1) is 0 Å². The maximum atomic E-state index is 13.9. The van der Waals surface area contributed by atoms with Gasteiger partial charge in [0.2, 0.25) is 11.8 Å². The molecule has 142 valence electrons. The van der Waals surface area contributed by atoms with Crippen LogP contribution in [0, 0.1) is 23.4 Å². The molecular formula is C18H22F3N3O2. The summed E-state index contributed by atoms with van der Waals surface area (Å²) in [6, 6.07) is 0.945. The number of fused-ring (bicyclic) bond motifs is 2. The number of rotatable bonds is 5. The summed E-state index contributed by atoms with van der Waals surface area (Å²) in [6.45, 7) is 0. The summed E-state index contributed by atoms with van der Waals surface area (Å²) in [4.78, 5) is 25.0. The Balaban J connectivity index is 1.66. The van der Waals surface area contributed by atoms with Gasteiger partial charge in [-0.2, -0.15) is 0 Å². The maximum Gasteiger partial charge on any atom is 0.232 e. The molecule has 0 radical (unpaired) electrons. The Kier molecular flexibility index (Phi) is 5.22. The zero-order valence-electron chi connectivity index (χ0n) is 14.3. The molecule has 3 rings (SSSR count). The maximum absolute atomic E-state index is 13.9. The number of nitrogens with zero attached hydrogens (tertiary/aromatic N) is 1. The summed E-state index contributed by atoms with van der Waals surface area (Å²) >= 11 is 0. The molecule has 0 aromatic heterocycles. The fourth-order valence-electron chi connectivity index (χ4n) is 4.36. The molecule has 2 saturated heterocycles. The third-order valence-electron chi connectivity index (χ3n) is 5.53. The molecule has 8 heteroatoms. The summed E-state index contributed by atoms with van der Waals surface area (Å²) in [5, 5.41) is 0. The minimum atomic E-state index is -1.22. The lowest BCUT2D eigenvalue weighted by Gasteiger charge is -2.41. The molecule has 0 spiro atoms. The van der Waals surface area contributed by atoms with E-state index in [0.29, 0.717) is 18.9 Å². The van der Waals surface area contributed by atoms with Crippen LogP contribution in [0.4, 0.5) is 13.2 Å². The number of piperidine rings is 1. The summed E-state index contributed by atoms with van der Waals surface area (Å²) in [7, 11) is 0. The summed E-state index contributed by atoms with van der Waals surface area (Å²) in [5.74, 6) is -4.00. The van der Waals surface area contributed by atoms with Crippen LogP contribution >= 0.6 is 0 Å². The third-order valence-corrected chi connectivity index (χ3v) is 5.53. The van der Waals surface area contributed by atoms with E-state index in [-0.39, 0.29) is 42.3 Å². The second kappa shape index (κ2) is 7.26. The van der Waals surface area contributed by atoms with Gasteiger partial charge >= 0.3 is 0 Å². The van der Waals surface area contributed by atoms with Gasteiger partial charge in [-0.25, -0.2) is 13.2 Å². The molecule has 2 heterocycles. The smallest absolute Gasteiger partial charge is 0.232 e. The Bertz CT molecular complexity index is 714. The van der Waals surface area contributed by atoms with Gasteiger partial charge in [-0.1, -0.05) is 0 Å². The number of halogens is 3. The molecule has 2 amide bonds. The van der Waals surface area contributed by atoms with Crippen molar-refractivity contribution in [2.45, 2.75) is 56.7 Å². The van der Waals surface area contributed by atoms with Crippen LogP contribution in [-0.4, -0.2) is 34.8 Å². The monoisotopic (exact) mass is 369 g/mol. The van der Waals surface area contributed by atoms with Crippen molar-refractivity contribution in [3.05, 3.63) is 35.1 Å². The molecule has 2 fully saturated rings. The third kappa shape index (κ3) is 3.70. The first-order valence-electron chi connectivity index (χ1n) is 8.74. The molecule has 5 nitrogen and oxygen atoms in total. The Morgan fingerprint density at radius 1 is 1.08 bits per heavy atom. The predicted molar refractivity (Wildman–Crippen MR) is 88.2 cm³/mol. The lowest BCUT2D eigenvalue weighted by Crippen LogP contribution is -2.51. The molecule has 1 aromatic carbocycles. The highest BCUT2D eigenvalue weighted by Crippen LogP contribution is 2.40. The number of hydrogen-bond acceptors (Lipinski definition) is 3. The number of primary amides is 1. The van der Waals surface area contributed by atoms with Crippen molar-refractivity contribution in [2.24, 2.45) is 17.4 Å². The van der Waals surface area contributed by atoms with Gasteiger partial charge in [0.25, 0.3) is 0 Å². The van der Waals surface area contributed by atoms with Crippen LogP contribution in [-0.2, 0) is 16.0 Å². The first-order chi connectivity index (χ1) is 12.3. The SMILES string of the molecule is NC(=O)CC(=O)N1C2CC[C@@H]1CC([C@H](N)Cc1cc(F)c(F)cc1F)C2. The fraction of sp³-hybridized carbons (Fsp3) is 0.556. The van der Waals surface area contributed by atoms with E-state index in [9.17, 15) is 22.8 Å². The lowest BCUT2D eigenvalue weighted by atomic mass is 9.82. The van der Waals surface area contributed by atoms with Crippen LogP contribution in [0.25, 0.3) is 0 Å². The predicted octanol–water partition coefficient (Wildman–Crippen LogP) is 1.62. The number of amides is 2. The zero-order valence-corrected chi connectivity index (χ0v) is 14.3. The molecule has 2 aliphatic rings. The second-order valence-electron chi connectivity index (χ2n) is 7.29. The number of nitrogens with two attached hydrogens (primary N) is 2. The lowest BCUT2D eigenvalue weighted by molar-refractivity contribution is -0.139. The Morgan fingerprint density at radius 2 is 1.65 bits per heavy atom. The molecular weight excluding hydrogens is 347 g/mol. The van der Waals surface area contributed by atoms with Crippen molar-refractivity contribution in [2.75, 3.05) is 0 Å². The Hall–Kier alpha value is -2.09. The highest BCUT2D eigenvalue weighted by molar-refractivity contribution is 5.96. The van der Waals surface area contributed by atoms with Gasteiger partial charge in [0, 0.05) is 24.2 Å². The van der Waals surface area contributed by atoms with Gasteiger partial charge in [0.05, 0.1) is 0 Å². The van der Waals surface area contributed by atoms with Crippen molar-refractivity contribution >= 4 is 11.8 Å². The highest BCUT2D eigenvalue weighted by Gasteiger charge is 2.44. The van der Waals surface area contributed by atoms with E-state index in [1.165, 1.54) is 0 Å². The topological polar surface area (TPSA) is 89.4 Å². The number of carbonyl (C=O) groups is 2. The van der Waals surface area contributed by atoms with Crippen LogP contribution in [0.15, 0.2) is 12.1 Å². The molecule has 4 atom stereocenters. The second-order valence-corrected chi connectivity index (χ2v) is 7.29. The Labute approximate surface area is 149 Å². The van der Waals surface area contributed by atoms with E-state index in [1.54, 1.807) is 4.90 Å². The fourth-order valence-corrected chi connectivity index (χ4v) is 4.36. The molecule has 2 bridgehead atoms. The van der Waals surface area contributed by atoms with E-state index in [1.807, 2.05) is 0 Å². The molecule has 2 unspecified atom stereocenters. The summed E-state index contributed by atoms with van der Waals surface area (Å²) in [6.07, 6.45) is 2.75. The average Bonchev–Trinajstić information content (AvgIpc) is 2.82. The first-order valence-corrected chi connectivity index (χ1v) is 8.74. The van der Waals surface area contributed by atoms with Crippen molar-refractivity contribution in [3.63, 3.8) is 0 Å². The normalized spacial score (nSPS) is 26.0. The largest absolute Gasteiger partial charge is 0.369 e. The number of carbonyl (C=O) groups excluding carboxylic acids is 2. The molecule has 0 aliphatic carbocycles. The van der Waals surface area contributed by atoms with E-state index >= 15 is 0 Å². The van der Waals surface area contributed by atoms with Crippen molar-refractivity contribution in [1.29, 1.82) is 0 Å². The highest BCUT2D eigenvalue weighted by atomic mass is 19.2. The molecule has 2 aliphatic heterocycles. The quantitative estimate of drug-likeness (QED) is 0.611. The summed E-state index contributed by atoms with van der Waals surface area (Å²) in [5.41, 5.74) is 11.4. The Morgan fingerprint density at radius 3 is 2.23 bits per heavy atom. The standard InChI is InChI=1S/C18H22F3N3O2/c19-13-7-15(21)14(20)5-9(13)6-16(22)10-3-11-1-2-12(4-10)24(11)18(26)8-17(23)25/h5,7,10-12,16H,1-4,6,8,22H2,(H2,23,25)/t10?,11-,12?,16-/m1/s1. The van der Waals surface area contributed by atoms with Gasteiger partial charge in [-0.3, -0.25) is 9.59 Å². The molecule has 1 aromatic rings. The van der Waals surface area contributed by atoms with E-state index in [4.69, 9.17) is 11.5 Å². The van der Waals surface area contributed by atoms with Crippen molar-refractivity contribution < 1.29 is 22.8 Å². The average molecular weight is 369 g/mol. The van der Waals surface area contributed by atoms with Gasteiger partial charge in [-0.05, 0) is 49.7 Å². The molecule has 4 N–H and O–H groups in total. The van der Waals surface area contributed by atoms with Crippen molar-refractivity contribution in [3.8, 4) is 0 Å². The van der Waals surface area contributed by atoms with Crippen LogP contribution in [0.1, 0.15) is 37.7 Å². The van der Waals surface area contributed by atoms with Crippen LogP contribution in [0.2, 0.25) is 0 Å². The van der Waals surface area contributed by atoms with Crippen LogP contribution < -0.4 is 11.5 Å². The number of hydrogen-bond donors (Lipinski definition) is 2. The van der Waals surface area contributed by atoms with E-state index in [2.05, 4.69) is 0 Å². The van der Waals surface area contributed by atoms with Crippen LogP contribution in [0.5, 0.6) is 0 Å². The van der Waals surface area contributed by atoms with Gasteiger partial charge in [0.1, 0.15) is 12.2 Å². The van der Waals surface area contributed by atoms with Gasteiger partial charge < -0.3 is 16.4 Å². The molecule has 26 heavy (non-hydrogen) atoms. The van der Waals surface area contributed by atoms with E-state index in [0.717, 1.165) is 18.9 Å². The minimum absolute atomic E-state index is 0.00792. The minimum Gasteiger partial charge on any atom is -0.369 e. The van der Waals surface area contributed by atoms with Crippen molar-refractivity contribution in [1.82, 2.24) is 4.90 Å². The number of benzene rings is 1.